The van der Waals surface area contributed by atoms with Crippen molar-refractivity contribution >= 4 is 46.6 Å². The molecule has 2 N–H and O–H groups in total. The minimum atomic E-state index is -1.33. The standard InChI is InChI=1S/C10H9ClN2O3S/c11-7-2-1-3-8(6-7)12-9(13-10(15)16)17-5-4-14/h1-4,6H,5H2,(H,12,13)(H,15,16). The third-order valence-electron chi connectivity index (χ3n) is 1.56. The number of amides is 1. The van der Waals surface area contributed by atoms with E-state index >= 15 is 0 Å². The van der Waals surface area contributed by atoms with Crippen molar-refractivity contribution in [2.24, 2.45) is 4.99 Å². The lowest BCUT2D eigenvalue weighted by atomic mass is 10.3. The Labute approximate surface area is 107 Å². The van der Waals surface area contributed by atoms with E-state index in [0.29, 0.717) is 17.0 Å². The molecule has 0 aliphatic rings. The highest BCUT2D eigenvalue weighted by atomic mass is 35.5. The summed E-state index contributed by atoms with van der Waals surface area (Å²) < 4.78 is 0. The number of carbonyl (C=O) groups excluding carboxylic acids is 1. The van der Waals surface area contributed by atoms with Crippen molar-refractivity contribution in [1.29, 1.82) is 0 Å². The zero-order valence-corrected chi connectivity index (χ0v) is 10.2. The average molecular weight is 273 g/mol. The maximum atomic E-state index is 10.5. The molecule has 1 amide bonds. The van der Waals surface area contributed by atoms with E-state index in [9.17, 15) is 9.59 Å². The summed E-state index contributed by atoms with van der Waals surface area (Å²) >= 11 is 6.78. The number of carbonyl (C=O) groups is 2. The number of halogens is 1. The van der Waals surface area contributed by atoms with Gasteiger partial charge in [-0.1, -0.05) is 29.4 Å². The van der Waals surface area contributed by atoms with Gasteiger partial charge in [0.25, 0.3) is 0 Å². The predicted molar refractivity (Wildman–Crippen MR) is 69.1 cm³/mol. The molecular formula is C10H9ClN2O3S. The summed E-state index contributed by atoms with van der Waals surface area (Å²) in [5.41, 5.74) is 0.607. The molecule has 0 spiro atoms. The van der Waals surface area contributed by atoms with Crippen molar-refractivity contribution in [3.63, 3.8) is 0 Å². The molecule has 0 heterocycles. The lowest BCUT2D eigenvalue weighted by Crippen LogP contribution is -2.11. The highest BCUT2D eigenvalue weighted by Gasteiger charge is 2.04. The topological polar surface area (TPSA) is 78.8 Å². The fourth-order valence-corrected chi connectivity index (χ4v) is 1.73. The molecule has 0 aromatic heterocycles. The van der Waals surface area contributed by atoms with Crippen LogP contribution in [0.5, 0.6) is 0 Å². The SMILES string of the molecule is O=CCS/C(=N/C(=O)O)Nc1cccc(Cl)c1. The quantitative estimate of drug-likeness (QED) is 0.502. The van der Waals surface area contributed by atoms with Crippen molar-refractivity contribution in [2.45, 2.75) is 0 Å². The second kappa shape index (κ2) is 6.93. The van der Waals surface area contributed by atoms with Crippen LogP contribution in [0.25, 0.3) is 0 Å². The van der Waals surface area contributed by atoms with Crippen LogP contribution in [0.1, 0.15) is 0 Å². The molecular weight excluding hydrogens is 264 g/mol. The van der Waals surface area contributed by atoms with Crippen molar-refractivity contribution < 1.29 is 14.7 Å². The molecule has 1 rings (SSSR count). The van der Waals surface area contributed by atoms with Gasteiger partial charge in [0.1, 0.15) is 6.29 Å². The van der Waals surface area contributed by atoms with Gasteiger partial charge in [-0.2, -0.15) is 4.99 Å². The first-order chi connectivity index (χ1) is 8.11. The van der Waals surface area contributed by atoms with E-state index in [-0.39, 0.29) is 10.9 Å². The first-order valence-corrected chi connectivity index (χ1v) is 5.89. The fraction of sp³-hybridized carbons (Fsp3) is 0.100. The van der Waals surface area contributed by atoms with Crippen LogP contribution in [0.4, 0.5) is 10.5 Å². The number of nitrogens with zero attached hydrogens (tertiary/aromatic N) is 1. The molecule has 0 atom stereocenters. The molecule has 0 fully saturated rings. The molecule has 0 saturated carbocycles. The number of amidine groups is 1. The van der Waals surface area contributed by atoms with E-state index in [2.05, 4.69) is 10.3 Å². The molecule has 17 heavy (non-hydrogen) atoms. The molecule has 7 heteroatoms. The summed E-state index contributed by atoms with van der Waals surface area (Å²) in [7, 11) is 0. The first kappa shape index (κ1) is 13.5. The summed E-state index contributed by atoms with van der Waals surface area (Å²) in [5.74, 6) is 0.125. The Kier molecular flexibility index (Phi) is 5.51. The molecule has 0 bridgehead atoms. The number of rotatable bonds is 3. The van der Waals surface area contributed by atoms with Gasteiger partial charge in [-0.05, 0) is 18.2 Å². The van der Waals surface area contributed by atoms with Crippen LogP contribution in [-0.4, -0.2) is 28.4 Å². The lowest BCUT2D eigenvalue weighted by Gasteiger charge is -2.07. The monoisotopic (exact) mass is 272 g/mol. The van der Waals surface area contributed by atoms with Crippen LogP contribution in [0.15, 0.2) is 29.3 Å². The number of thioether (sulfide) groups is 1. The summed E-state index contributed by atoms with van der Waals surface area (Å²) in [4.78, 5) is 24.0. The summed E-state index contributed by atoms with van der Waals surface area (Å²) in [6, 6.07) is 6.75. The number of anilines is 1. The van der Waals surface area contributed by atoms with E-state index in [1.54, 1.807) is 24.3 Å². The molecule has 0 aliphatic heterocycles. The zero-order valence-electron chi connectivity index (χ0n) is 8.59. The number of hydrogen-bond donors (Lipinski definition) is 2. The van der Waals surface area contributed by atoms with E-state index in [0.717, 1.165) is 11.8 Å². The van der Waals surface area contributed by atoms with Gasteiger partial charge in [0.15, 0.2) is 5.17 Å². The summed E-state index contributed by atoms with van der Waals surface area (Å²) in [5, 5.41) is 12.0. The highest BCUT2D eigenvalue weighted by Crippen LogP contribution is 2.16. The Bertz CT molecular complexity index is 451. The van der Waals surface area contributed by atoms with Gasteiger partial charge in [0.05, 0.1) is 5.75 Å². The van der Waals surface area contributed by atoms with Gasteiger partial charge in [-0.15, -0.1) is 0 Å². The minimum absolute atomic E-state index is 0.125. The third-order valence-corrected chi connectivity index (χ3v) is 2.57. The van der Waals surface area contributed by atoms with E-state index in [4.69, 9.17) is 16.7 Å². The Morgan fingerprint density at radius 3 is 2.94 bits per heavy atom. The molecule has 0 saturated heterocycles. The molecule has 1 aromatic rings. The predicted octanol–water partition coefficient (Wildman–Crippen LogP) is 2.72. The number of aldehydes is 1. The minimum Gasteiger partial charge on any atom is -0.463 e. The Morgan fingerprint density at radius 2 is 2.35 bits per heavy atom. The summed E-state index contributed by atoms with van der Waals surface area (Å²) in [6.45, 7) is 0. The number of aliphatic imine (C=N–C) groups is 1. The molecule has 0 aliphatic carbocycles. The van der Waals surface area contributed by atoms with Gasteiger partial charge in [-0.3, -0.25) is 0 Å². The molecule has 5 nitrogen and oxygen atoms in total. The highest BCUT2D eigenvalue weighted by molar-refractivity contribution is 8.14. The Hall–Kier alpha value is -1.53. The molecule has 90 valence electrons. The number of nitrogens with one attached hydrogen (secondary N) is 1. The van der Waals surface area contributed by atoms with Gasteiger partial charge in [0, 0.05) is 10.7 Å². The van der Waals surface area contributed by atoms with Gasteiger partial charge in [0.2, 0.25) is 0 Å². The van der Waals surface area contributed by atoms with Crippen LogP contribution >= 0.6 is 23.4 Å². The van der Waals surface area contributed by atoms with Crippen LogP contribution in [0.2, 0.25) is 5.02 Å². The van der Waals surface area contributed by atoms with Crippen molar-refractivity contribution in [2.75, 3.05) is 11.1 Å². The van der Waals surface area contributed by atoms with E-state index < -0.39 is 6.09 Å². The maximum Gasteiger partial charge on any atom is 0.433 e. The van der Waals surface area contributed by atoms with Gasteiger partial charge in [-0.25, -0.2) is 4.79 Å². The van der Waals surface area contributed by atoms with Crippen molar-refractivity contribution in [1.82, 2.24) is 0 Å². The Balaban J connectivity index is 2.78. The fourth-order valence-electron chi connectivity index (χ4n) is 0.986. The Morgan fingerprint density at radius 1 is 1.59 bits per heavy atom. The second-order valence-electron chi connectivity index (χ2n) is 2.81. The third kappa shape index (κ3) is 5.37. The van der Waals surface area contributed by atoms with E-state index in [1.807, 2.05) is 0 Å². The normalized spacial score (nSPS) is 11.0. The van der Waals surface area contributed by atoms with Crippen molar-refractivity contribution in [3.05, 3.63) is 29.3 Å². The average Bonchev–Trinajstić information content (AvgIpc) is 2.25. The van der Waals surface area contributed by atoms with Crippen LogP contribution in [-0.2, 0) is 4.79 Å². The van der Waals surface area contributed by atoms with E-state index in [1.165, 1.54) is 0 Å². The smallest absolute Gasteiger partial charge is 0.433 e. The lowest BCUT2D eigenvalue weighted by molar-refractivity contribution is -0.105. The van der Waals surface area contributed by atoms with Crippen molar-refractivity contribution in [3.8, 4) is 0 Å². The molecule has 0 unspecified atom stereocenters. The zero-order chi connectivity index (χ0) is 12.7. The number of benzene rings is 1. The van der Waals surface area contributed by atoms with Crippen LogP contribution in [0.3, 0.4) is 0 Å². The molecule has 1 aromatic carbocycles. The number of carboxylic acid groups (broad SMARTS) is 1. The van der Waals surface area contributed by atoms with Crippen LogP contribution < -0.4 is 5.32 Å². The second-order valence-corrected chi connectivity index (χ2v) is 4.26. The first-order valence-electron chi connectivity index (χ1n) is 4.52. The van der Waals surface area contributed by atoms with Crippen LogP contribution in [0, 0.1) is 0 Å². The number of hydrogen-bond acceptors (Lipinski definition) is 3. The molecule has 0 radical (unpaired) electrons. The van der Waals surface area contributed by atoms with Gasteiger partial charge < -0.3 is 15.2 Å². The maximum absolute atomic E-state index is 10.5. The summed E-state index contributed by atoms with van der Waals surface area (Å²) in [6.07, 6.45) is -0.658. The van der Waals surface area contributed by atoms with Gasteiger partial charge >= 0.3 is 6.09 Å². The largest absolute Gasteiger partial charge is 0.463 e.